The topological polar surface area (TPSA) is 108 Å². The van der Waals surface area contributed by atoms with Crippen LogP contribution >= 0.6 is 23.2 Å². The summed E-state index contributed by atoms with van der Waals surface area (Å²) in [5, 5.41) is 5.33. The molecule has 286 valence electrons. The SMILES string of the molecule is CC(C)(C)OC=O.CC(c1ccc(Cl)cc1)n1cnc(-c2ccccc2)c1-c1c(C(=O)Nc2cccnc2N2CCC(N(C)C)CC2)[nH]c2cc(Cl)ccc12. The summed E-state index contributed by atoms with van der Waals surface area (Å²) in [5.74, 6) is 0.496. The van der Waals surface area contributed by atoms with Crippen molar-refractivity contribution >= 4 is 58.0 Å². The number of ether oxygens (including phenoxy) is 1. The minimum atomic E-state index is -0.318. The largest absolute Gasteiger partial charge is 0.462 e. The van der Waals surface area contributed by atoms with Gasteiger partial charge in [-0.25, -0.2) is 9.97 Å². The molecule has 12 heteroatoms. The molecule has 2 N–H and O–H groups in total. The van der Waals surface area contributed by atoms with E-state index >= 15 is 0 Å². The number of imidazole rings is 1. The number of benzene rings is 3. The van der Waals surface area contributed by atoms with Crippen LogP contribution in [0.5, 0.6) is 0 Å². The van der Waals surface area contributed by atoms with Crippen LogP contribution in [0.4, 0.5) is 11.5 Å². The summed E-state index contributed by atoms with van der Waals surface area (Å²) in [7, 11) is 4.26. The van der Waals surface area contributed by atoms with Crippen molar-refractivity contribution < 1.29 is 14.3 Å². The highest BCUT2D eigenvalue weighted by atomic mass is 35.5. The molecular weight excluding hydrogens is 733 g/mol. The van der Waals surface area contributed by atoms with E-state index in [9.17, 15) is 9.59 Å². The number of pyridine rings is 1. The van der Waals surface area contributed by atoms with Crippen LogP contribution in [0.3, 0.4) is 0 Å². The third-order valence-corrected chi connectivity index (χ3v) is 10.3. The Kier molecular flexibility index (Phi) is 12.3. The van der Waals surface area contributed by atoms with E-state index in [0.717, 1.165) is 70.7 Å². The molecule has 1 amide bonds. The van der Waals surface area contributed by atoms with Crippen LogP contribution in [0.15, 0.2) is 97.5 Å². The maximum Gasteiger partial charge on any atom is 0.293 e. The lowest BCUT2D eigenvalue weighted by atomic mass is 9.99. The summed E-state index contributed by atoms with van der Waals surface area (Å²) in [4.78, 5) is 41.8. The van der Waals surface area contributed by atoms with E-state index in [1.165, 1.54) is 0 Å². The molecule has 0 spiro atoms. The quantitative estimate of drug-likeness (QED) is 0.141. The molecule has 0 radical (unpaired) electrons. The van der Waals surface area contributed by atoms with Crippen molar-refractivity contribution in [1.82, 2.24) is 24.4 Å². The number of H-pyrrole nitrogens is 1. The number of hydrogen-bond acceptors (Lipinski definition) is 7. The predicted octanol–water partition coefficient (Wildman–Crippen LogP) is 9.75. The summed E-state index contributed by atoms with van der Waals surface area (Å²) < 4.78 is 6.68. The summed E-state index contributed by atoms with van der Waals surface area (Å²) in [5.41, 5.74) is 5.85. The van der Waals surface area contributed by atoms with Crippen LogP contribution in [0, 0.1) is 0 Å². The van der Waals surface area contributed by atoms with Crippen molar-refractivity contribution in [3.63, 3.8) is 0 Å². The Balaban J connectivity index is 0.000000672. The van der Waals surface area contributed by atoms with Gasteiger partial charge in [-0.1, -0.05) is 71.7 Å². The van der Waals surface area contributed by atoms with Crippen LogP contribution in [0.2, 0.25) is 10.0 Å². The first-order valence-electron chi connectivity index (χ1n) is 18.3. The lowest BCUT2D eigenvalue weighted by Gasteiger charge is -2.36. The molecule has 4 heterocycles. The van der Waals surface area contributed by atoms with Crippen LogP contribution < -0.4 is 10.2 Å². The Labute approximate surface area is 332 Å². The number of amides is 1. The number of aromatic nitrogens is 4. The Morgan fingerprint density at radius 3 is 2.29 bits per heavy atom. The molecule has 0 aliphatic carbocycles. The summed E-state index contributed by atoms with van der Waals surface area (Å²) in [6.45, 7) is 9.77. The molecule has 55 heavy (non-hydrogen) atoms. The van der Waals surface area contributed by atoms with Gasteiger partial charge in [0, 0.05) is 57.4 Å². The number of anilines is 2. The third kappa shape index (κ3) is 9.21. The van der Waals surface area contributed by atoms with Crippen molar-refractivity contribution in [3.8, 4) is 22.5 Å². The molecule has 1 aliphatic rings. The number of nitrogens with zero attached hydrogens (tertiary/aromatic N) is 5. The van der Waals surface area contributed by atoms with E-state index in [1.54, 1.807) is 6.20 Å². The number of carbonyl (C=O) groups is 2. The van der Waals surface area contributed by atoms with E-state index in [0.29, 0.717) is 33.9 Å². The van der Waals surface area contributed by atoms with Crippen molar-refractivity contribution in [2.24, 2.45) is 0 Å². The van der Waals surface area contributed by atoms with Gasteiger partial charge in [0.15, 0.2) is 5.82 Å². The maximum atomic E-state index is 14.5. The molecule has 1 fully saturated rings. The molecule has 1 unspecified atom stereocenters. The number of nitrogens with one attached hydrogen (secondary N) is 2. The highest BCUT2D eigenvalue weighted by molar-refractivity contribution is 6.31. The second kappa shape index (κ2) is 17.1. The Morgan fingerprint density at radius 2 is 1.65 bits per heavy atom. The number of hydrogen-bond donors (Lipinski definition) is 2. The zero-order valence-corrected chi connectivity index (χ0v) is 33.5. The Morgan fingerprint density at radius 1 is 0.964 bits per heavy atom. The fraction of sp³-hybridized carbons (Fsp3) is 0.302. The van der Waals surface area contributed by atoms with Gasteiger partial charge in [-0.2, -0.15) is 0 Å². The molecule has 3 aromatic carbocycles. The van der Waals surface area contributed by atoms with Gasteiger partial charge >= 0.3 is 0 Å². The second-order valence-corrected chi connectivity index (χ2v) is 15.7. The van der Waals surface area contributed by atoms with E-state index in [1.807, 2.05) is 112 Å². The van der Waals surface area contributed by atoms with Gasteiger partial charge in [0.2, 0.25) is 0 Å². The lowest BCUT2D eigenvalue weighted by molar-refractivity contribution is -0.138. The molecule has 1 aliphatic heterocycles. The number of fused-ring (bicyclic) bond motifs is 1. The van der Waals surface area contributed by atoms with Gasteiger partial charge in [0.05, 0.1) is 29.4 Å². The standard InChI is InChI=1S/C38H37Cl2N7O.C5H10O2/c1-24(25-11-13-27(39)14-12-25)47-23-42-34(26-8-5-4-6-9-26)36(47)33-30-16-15-28(40)22-32(30)43-35(33)38(48)44-31-10-7-19-41-37(31)46-20-17-29(18-21-46)45(2)3;1-5(2,3)7-4-6/h4-16,19,22-24,29,43H,17-18,20-21H2,1-3H3,(H,44,48);4H,1-3H3. The molecule has 10 nitrogen and oxygen atoms in total. The summed E-state index contributed by atoms with van der Waals surface area (Å²) in [6.07, 6.45) is 5.69. The molecule has 0 bridgehead atoms. The highest BCUT2D eigenvalue weighted by Crippen LogP contribution is 2.42. The zero-order chi connectivity index (χ0) is 39.3. The monoisotopic (exact) mass is 779 g/mol. The first kappa shape index (κ1) is 39.5. The van der Waals surface area contributed by atoms with Crippen LogP contribution in [-0.4, -0.2) is 75.6 Å². The Bertz CT molecular complexity index is 2240. The smallest absolute Gasteiger partial charge is 0.293 e. The van der Waals surface area contributed by atoms with E-state index in [-0.39, 0.29) is 17.6 Å². The van der Waals surface area contributed by atoms with Crippen molar-refractivity contribution in [3.05, 3.63) is 119 Å². The second-order valence-electron chi connectivity index (χ2n) is 14.8. The molecule has 6 aromatic rings. The zero-order valence-electron chi connectivity index (χ0n) is 32.0. The maximum absolute atomic E-state index is 14.5. The summed E-state index contributed by atoms with van der Waals surface area (Å²) >= 11 is 12.7. The first-order chi connectivity index (χ1) is 26.3. The molecule has 1 saturated heterocycles. The average molecular weight is 781 g/mol. The van der Waals surface area contributed by atoms with Gasteiger partial charge in [-0.15, -0.1) is 0 Å². The number of carbonyl (C=O) groups excluding carboxylic acids is 2. The number of piperidine rings is 1. The number of rotatable bonds is 9. The van der Waals surface area contributed by atoms with Crippen LogP contribution in [0.25, 0.3) is 33.4 Å². The lowest BCUT2D eigenvalue weighted by Crippen LogP contribution is -2.42. The van der Waals surface area contributed by atoms with Gasteiger partial charge in [-0.3, -0.25) is 9.59 Å². The molecule has 3 aromatic heterocycles. The predicted molar refractivity (Wildman–Crippen MR) is 223 cm³/mol. The summed E-state index contributed by atoms with van der Waals surface area (Å²) in [6, 6.07) is 27.7. The minimum Gasteiger partial charge on any atom is -0.462 e. The minimum absolute atomic E-state index is 0.120. The van der Waals surface area contributed by atoms with Crippen molar-refractivity contribution in [1.29, 1.82) is 0 Å². The van der Waals surface area contributed by atoms with E-state index in [2.05, 4.69) is 50.4 Å². The third-order valence-electron chi connectivity index (χ3n) is 9.77. The van der Waals surface area contributed by atoms with Crippen LogP contribution in [0.1, 0.15) is 62.6 Å². The Hall–Kier alpha value is -5.16. The molecular formula is C43H47Cl2N7O3. The average Bonchev–Trinajstić information content (AvgIpc) is 3.77. The molecule has 1 atom stereocenters. The molecule has 0 saturated carbocycles. The van der Waals surface area contributed by atoms with Gasteiger partial charge in [-0.05, 0) is 96.6 Å². The van der Waals surface area contributed by atoms with Gasteiger partial charge in [0.1, 0.15) is 11.3 Å². The fourth-order valence-electron chi connectivity index (χ4n) is 6.87. The number of halogens is 2. The fourth-order valence-corrected chi connectivity index (χ4v) is 7.17. The van der Waals surface area contributed by atoms with Gasteiger partial charge < -0.3 is 29.4 Å². The van der Waals surface area contributed by atoms with Gasteiger partial charge in [0.25, 0.3) is 12.4 Å². The van der Waals surface area contributed by atoms with E-state index < -0.39 is 0 Å². The molecule has 7 rings (SSSR count). The first-order valence-corrected chi connectivity index (χ1v) is 19.1. The normalized spacial score (nSPS) is 14.0. The highest BCUT2D eigenvalue weighted by Gasteiger charge is 2.29. The van der Waals surface area contributed by atoms with Crippen molar-refractivity contribution in [2.75, 3.05) is 37.4 Å². The van der Waals surface area contributed by atoms with Crippen molar-refractivity contribution in [2.45, 2.75) is 58.2 Å². The van der Waals surface area contributed by atoms with Crippen LogP contribution in [-0.2, 0) is 9.53 Å². The number of aromatic amines is 1. The van der Waals surface area contributed by atoms with E-state index in [4.69, 9.17) is 33.2 Å².